The molecule has 0 saturated heterocycles. The highest BCUT2D eigenvalue weighted by atomic mass is 32.2. The van der Waals surface area contributed by atoms with Crippen molar-refractivity contribution in [1.29, 1.82) is 0 Å². The van der Waals surface area contributed by atoms with Crippen molar-refractivity contribution in [1.82, 2.24) is 0 Å². The van der Waals surface area contributed by atoms with E-state index in [0.29, 0.717) is 17.1 Å². The highest BCUT2D eigenvalue weighted by Crippen LogP contribution is 2.28. The smallest absolute Gasteiger partial charge is 0.148 e. The minimum absolute atomic E-state index is 0.0883. The molecule has 0 amide bonds. The normalized spacial score (nSPS) is 14.5. The van der Waals surface area contributed by atoms with E-state index in [0.717, 1.165) is 6.26 Å². The maximum absolute atomic E-state index is 11.9. The lowest BCUT2D eigenvalue weighted by molar-refractivity contribution is 0.389. The standard InChI is InChI=1S/C13H21NO5S2/c1-18-10-4-5-11(13(8-10)19-2)12(14)9-20(15)6-7-21(3,16)17/h4-5,8,12H,6-7,9,14H2,1-3H3. The van der Waals surface area contributed by atoms with Crippen molar-refractivity contribution in [2.45, 2.75) is 6.04 Å². The lowest BCUT2D eigenvalue weighted by Gasteiger charge is -2.16. The second-order valence-corrected chi connectivity index (χ2v) is 8.54. The van der Waals surface area contributed by atoms with Crippen LogP contribution in [0.1, 0.15) is 11.6 Å². The Morgan fingerprint density at radius 3 is 2.48 bits per heavy atom. The van der Waals surface area contributed by atoms with Crippen molar-refractivity contribution >= 4 is 20.6 Å². The lowest BCUT2D eigenvalue weighted by atomic mass is 10.1. The van der Waals surface area contributed by atoms with Gasteiger partial charge in [-0.2, -0.15) is 0 Å². The third-order valence-electron chi connectivity index (χ3n) is 2.89. The van der Waals surface area contributed by atoms with E-state index < -0.39 is 26.7 Å². The first-order valence-electron chi connectivity index (χ1n) is 6.27. The number of hydrogen-bond donors (Lipinski definition) is 1. The molecule has 0 bridgehead atoms. The molecule has 0 aliphatic rings. The molecule has 2 N–H and O–H groups in total. The zero-order valence-corrected chi connectivity index (χ0v) is 14.0. The van der Waals surface area contributed by atoms with Crippen LogP contribution in [0.5, 0.6) is 11.5 Å². The first-order chi connectivity index (χ1) is 9.76. The molecule has 21 heavy (non-hydrogen) atoms. The summed E-state index contributed by atoms with van der Waals surface area (Å²) < 4.78 is 44.4. The van der Waals surface area contributed by atoms with Gasteiger partial charge in [-0.15, -0.1) is 0 Å². The Hall–Kier alpha value is -1.12. The third-order valence-corrected chi connectivity index (χ3v) is 5.48. The minimum atomic E-state index is -3.12. The molecular weight excluding hydrogens is 314 g/mol. The van der Waals surface area contributed by atoms with Crippen LogP contribution in [0.4, 0.5) is 0 Å². The average Bonchev–Trinajstić information content (AvgIpc) is 2.43. The summed E-state index contributed by atoms with van der Waals surface area (Å²) >= 11 is 0. The lowest BCUT2D eigenvalue weighted by Crippen LogP contribution is -2.22. The zero-order chi connectivity index (χ0) is 16.0. The van der Waals surface area contributed by atoms with Gasteiger partial charge in [0.2, 0.25) is 0 Å². The highest BCUT2D eigenvalue weighted by molar-refractivity contribution is 7.92. The monoisotopic (exact) mass is 335 g/mol. The summed E-state index contributed by atoms with van der Waals surface area (Å²) in [6, 6.07) is 4.72. The van der Waals surface area contributed by atoms with Gasteiger partial charge in [0.15, 0.2) is 0 Å². The highest BCUT2D eigenvalue weighted by Gasteiger charge is 2.17. The molecular formula is C13H21NO5S2. The molecule has 0 fully saturated rings. The van der Waals surface area contributed by atoms with E-state index in [1.165, 1.54) is 7.11 Å². The van der Waals surface area contributed by atoms with Crippen molar-refractivity contribution in [3.05, 3.63) is 23.8 Å². The molecule has 0 aliphatic heterocycles. The quantitative estimate of drug-likeness (QED) is 0.743. The van der Waals surface area contributed by atoms with Crippen LogP contribution in [0.2, 0.25) is 0 Å². The number of nitrogens with two attached hydrogens (primary N) is 1. The van der Waals surface area contributed by atoms with Crippen molar-refractivity contribution < 1.29 is 22.1 Å². The molecule has 8 heteroatoms. The number of sulfone groups is 1. The molecule has 0 spiro atoms. The van der Waals surface area contributed by atoms with Gasteiger partial charge in [-0.25, -0.2) is 8.42 Å². The first kappa shape index (κ1) is 17.9. The van der Waals surface area contributed by atoms with Gasteiger partial charge >= 0.3 is 0 Å². The van der Waals surface area contributed by atoms with Crippen molar-refractivity contribution in [3.63, 3.8) is 0 Å². The van der Waals surface area contributed by atoms with Crippen LogP contribution in [-0.4, -0.2) is 50.4 Å². The number of ether oxygens (including phenoxy) is 2. The van der Waals surface area contributed by atoms with Gasteiger partial charge in [-0.1, -0.05) is 6.07 Å². The van der Waals surface area contributed by atoms with Crippen LogP contribution in [0.25, 0.3) is 0 Å². The summed E-state index contributed by atoms with van der Waals surface area (Å²) in [4.78, 5) is 0. The fraction of sp³-hybridized carbons (Fsp3) is 0.538. The summed E-state index contributed by atoms with van der Waals surface area (Å²) in [7, 11) is -1.35. The van der Waals surface area contributed by atoms with E-state index in [-0.39, 0.29) is 17.3 Å². The van der Waals surface area contributed by atoms with Crippen molar-refractivity contribution in [2.75, 3.05) is 37.7 Å². The van der Waals surface area contributed by atoms with E-state index in [9.17, 15) is 12.6 Å². The Balaban J connectivity index is 2.75. The minimum Gasteiger partial charge on any atom is -0.497 e. The molecule has 6 nitrogen and oxygen atoms in total. The van der Waals surface area contributed by atoms with Gasteiger partial charge in [0.05, 0.1) is 20.0 Å². The molecule has 0 aromatic heterocycles. The van der Waals surface area contributed by atoms with Crippen LogP contribution in [-0.2, 0) is 20.6 Å². The molecule has 1 aromatic carbocycles. The fourth-order valence-corrected chi connectivity index (χ4v) is 4.44. The predicted molar refractivity (Wildman–Crippen MR) is 84.1 cm³/mol. The summed E-state index contributed by atoms with van der Waals surface area (Å²) in [5.41, 5.74) is 6.75. The first-order valence-corrected chi connectivity index (χ1v) is 9.82. The Bertz CT molecular complexity index is 601. The molecule has 120 valence electrons. The average molecular weight is 335 g/mol. The Labute approximate surface area is 128 Å². The van der Waals surface area contributed by atoms with Gasteiger partial charge in [0.1, 0.15) is 21.3 Å². The zero-order valence-electron chi connectivity index (χ0n) is 12.4. The predicted octanol–water partition coefficient (Wildman–Crippen LogP) is 0.497. The Kier molecular flexibility index (Phi) is 6.63. The van der Waals surface area contributed by atoms with Crippen LogP contribution in [0.15, 0.2) is 18.2 Å². The summed E-state index contributed by atoms with van der Waals surface area (Å²) in [6.07, 6.45) is 1.12. The summed E-state index contributed by atoms with van der Waals surface area (Å²) in [5.74, 6) is 1.36. The maximum atomic E-state index is 11.9. The molecule has 0 aliphatic carbocycles. The number of hydrogen-bond acceptors (Lipinski definition) is 6. The van der Waals surface area contributed by atoms with E-state index in [4.69, 9.17) is 15.2 Å². The second kappa shape index (κ2) is 7.77. The van der Waals surface area contributed by atoms with E-state index >= 15 is 0 Å². The largest absolute Gasteiger partial charge is 0.497 e. The Morgan fingerprint density at radius 1 is 1.29 bits per heavy atom. The molecule has 0 saturated carbocycles. The molecule has 2 atom stereocenters. The van der Waals surface area contributed by atoms with Gasteiger partial charge in [-0.3, -0.25) is 4.21 Å². The van der Waals surface area contributed by atoms with E-state index in [1.807, 2.05) is 0 Å². The number of benzene rings is 1. The van der Waals surface area contributed by atoms with Crippen LogP contribution < -0.4 is 15.2 Å². The van der Waals surface area contributed by atoms with E-state index in [1.54, 1.807) is 25.3 Å². The van der Waals surface area contributed by atoms with Crippen molar-refractivity contribution in [2.24, 2.45) is 5.73 Å². The SMILES string of the molecule is COc1ccc(C(N)CS(=O)CCS(C)(=O)=O)c(OC)c1. The van der Waals surface area contributed by atoms with Crippen LogP contribution in [0, 0.1) is 0 Å². The third kappa shape index (κ3) is 6.03. The van der Waals surface area contributed by atoms with Crippen molar-refractivity contribution in [3.8, 4) is 11.5 Å². The number of methoxy groups -OCH3 is 2. The second-order valence-electron chi connectivity index (χ2n) is 4.65. The topological polar surface area (TPSA) is 95.7 Å². The fourth-order valence-electron chi connectivity index (χ4n) is 1.74. The van der Waals surface area contributed by atoms with Gasteiger partial charge < -0.3 is 15.2 Å². The van der Waals surface area contributed by atoms with Crippen LogP contribution in [0.3, 0.4) is 0 Å². The Morgan fingerprint density at radius 2 is 1.95 bits per heavy atom. The van der Waals surface area contributed by atoms with E-state index in [2.05, 4.69) is 0 Å². The molecule has 1 aromatic rings. The number of rotatable bonds is 8. The van der Waals surface area contributed by atoms with Gasteiger partial charge in [-0.05, 0) is 6.07 Å². The molecule has 2 unspecified atom stereocenters. The molecule has 0 heterocycles. The van der Waals surface area contributed by atoms with Gasteiger partial charge in [0.25, 0.3) is 0 Å². The maximum Gasteiger partial charge on any atom is 0.148 e. The summed E-state index contributed by atoms with van der Waals surface area (Å²) in [6.45, 7) is 0. The molecule has 0 radical (unpaired) electrons. The van der Waals surface area contributed by atoms with Crippen LogP contribution >= 0.6 is 0 Å². The molecule has 1 rings (SSSR count). The van der Waals surface area contributed by atoms with Gasteiger partial charge in [0, 0.05) is 46.2 Å². The summed E-state index contributed by atoms with van der Waals surface area (Å²) in [5, 5.41) is 0.